The van der Waals surface area contributed by atoms with Gasteiger partial charge in [-0.15, -0.1) is 0 Å². The van der Waals surface area contributed by atoms with Crippen molar-refractivity contribution in [2.75, 3.05) is 13.2 Å². The molecule has 2 N–H and O–H groups in total. The van der Waals surface area contributed by atoms with Crippen LogP contribution in [0.4, 0.5) is 0 Å². The molecule has 3 fully saturated rings. The Kier molecular flexibility index (Phi) is 7.33. The summed E-state index contributed by atoms with van der Waals surface area (Å²) in [5, 5.41) is 21.4. The normalized spacial score (nSPS) is 39.2. The Morgan fingerprint density at radius 1 is 0.808 bits per heavy atom. The summed E-state index contributed by atoms with van der Waals surface area (Å²) < 4.78 is 24.7. The molecule has 1 spiro atoms. The van der Waals surface area contributed by atoms with Gasteiger partial charge in [0, 0.05) is 26.1 Å². The fourth-order valence-electron chi connectivity index (χ4n) is 4.38. The maximum Gasteiger partial charge on any atom is 0.169 e. The maximum absolute atomic E-state index is 10.7. The van der Waals surface area contributed by atoms with E-state index in [1.165, 1.54) is 6.42 Å². The lowest BCUT2D eigenvalue weighted by Crippen LogP contribution is -2.64. The molecule has 1 heterocycles. The van der Waals surface area contributed by atoms with E-state index in [2.05, 4.69) is 13.8 Å². The van der Waals surface area contributed by atoms with Gasteiger partial charge in [-0.1, -0.05) is 33.1 Å². The van der Waals surface area contributed by atoms with E-state index in [0.29, 0.717) is 13.2 Å². The van der Waals surface area contributed by atoms with E-state index >= 15 is 0 Å². The van der Waals surface area contributed by atoms with Crippen LogP contribution in [0.25, 0.3) is 0 Å². The number of fused-ring (bicyclic) bond motifs is 1. The lowest BCUT2D eigenvalue weighted by Gasteiger charge is -2.43. The first kappa shape index (κ1) is 20.5. The highest BCUT2D eigenvalue weighted by molar-refractivity contribution is 5.06. The Hall–Kier alpha value is -0.240. The van der Waals surface area contributed by atoms with Gasteiger partial charge < -0.3 is 29.2 Å². The smallest absolute Gasteiger partial charge is 0.169 e. The van der Waals surface area contributed by atoms with Crippen molar-refractivity contribution in [3.63, 3.8) is 0 Å². The Balaban J connectivity index is 1.76. The van der Waals surface area contributed by atoms with E-state index in [1.807, 2.05) is 0 Å². The van der Waals surface area contributed by atoms with Crippen LogP contribution >= 0.6 is 0 Å². The van der Waals surface area contributed by atoms with Gasteiger partial charge in [-0.05, 0) is 25.7 Å². The van der Waals surface area contributed by atoms with E-state index in [0.717, 1.165) is 51.4 Å². The standard InChI is InChI=1S/C20H36O6/c1-3-5-12-23-16-14(21)15(22)17(24-13-6-4-2)19-18(16)25-20(26-19)10-8-7-9-11-20/h14-19,21-22H,3-13H2,1-2H3/t14-,15?,16?,17+,18?,19+/m0/s1. The van der Waals surface area contributed by atoms with Crippen LogP contribution in [0.2, 0.25) is 0 Å². The third kappa shape index (κ3) is 4.26. The van der Waals surface area contributed by atoms with E-state index in [4.69, 9.17) is 18.9 Å². The highest BCUT2D eigenvalue weighted by Crippen LogP contribution is 2.46. The number of aliphatic hydroxyl groups excluding tert-OH is 2. The van der Waals surface area contributed by atoms with Gasteiger partial charge in [0.25, 0.3) is 0 Å². The van der Waals surface area contributed by atoms with Crippen LogP contribution in [0.15, 0.2) is 0 Å². The van der Waals surface area contributed by atoms with Gasteiger partial charge >= 0.3 is 0 Å². The summed E-state index contributed by atoms with van der Waals surface area (Å²) in [7, 11) is 0. The summed E-state index contributed by atoms with van der Waals surface area (Å²) in [6.07, 6.45) is 4.94. The Labute approximate surface area is 157 Å². The van der Waals surface area contributed by atoms with Crippen LogP contribution in [0.5, 0.6) is 0 Å². The monoisotopic (exact) mass is 372 g/mol. The number of ether oxygens (including phenoxy) is 4. The molecule has 3 aliphatic rings. The van der Waals surface area contributed by atoms with Crippen molar-refractivity contribution in [2.45, 2.75) is 114 Å². The first-order chi connectivity index (χ1) is 12.6. The first-order valence-corrected chi connectivity index (χ1v) is 10.6. The highest BCUT2D eigenvalue weighted by Gasteiger charge is 2.60. The molecule has 0 aromatic heterocycles. The van der Waals surface area contributed by atoms with Gasteiger partial charge in [0.05, 0.1) is 0 Å². The van der Waals surface area contributed by atoms with Crippen LogP contribution in [0, 0.1) is 0 Å². The van der Waals surface area contributed by atoms with Crippen molar-refractivity contribution in [1.82, 2.24) is 0 Å². The molecule has 0 aromatic carbocycles. The largest absolute Gasteiger partial charge is 0.387 e. The minimum absolute atomic E-state index is 0.394. The molecule has 26 heavy (non-hydrogen) atoms. The molecule has 1 saturated heterocycles. The van der Waals surface area contributed by atoms with Crippen molar-refractivity contribution < 1.29 is 29.2 Å². The van der Waals surface area contributed by atoms with E-state index in [1.54, 1.807) is 0 Å². The number of unbranched alkanes of at least 4 members (excludes halogenated alkanes) is 2. The second-order valence-electron chi connectivity index (χ2n) is 8.00. The van der Waals surface area contributed by atoms with Crippen LogP contribution in [-0.4, -0.2) is 65.8 Å². The van der Waals surface area contributed by atoms with Crippen molar-refractivity contribution in [3.8, 4) is 0 Å². The van der Waals surface area contributed by atoms with Gasteiger partial charge in [-0.2, -0.15) is 0 Å². The molecule has 2 aliphatic carbocycles. The van der Waals surface area contributed by atoms with E-state index in [-0.39, 0.29) is 0 Å². The average Bonchev–Trinajstić information content (AvgIpc) is 3.00. The van der Waals surface area contributed by atoms with Crippen molar-refractivity contribution >= 4 is 0 Å². The van der Waals surface area contributed by atoms with Gasteiger partial charge in [0.1, 0.15) is 36.6 Å². The SMILES string of the molecule is CCCCOC1C2OC3(CCCCC3)O[C@@H]2[C@H](OCCCC)C(O)[C@@H]1O. The fraction of sp³-hybridized carbons (Fsp3) is 1.00. The summed E-state index contributed by atoms with van der Waals surface area (Å²) in [5.74, 6) is -0.601. The summed E-state index contributed by atoms with van der Waals surface area (Å²) in [5.41, 5.74) is 0. The highest BCUT2D eigenvalue weighted by atomic mass is 16.8. The Morgan fingerprint density at radius 2 is 1.27 bits per heavy atom. The molecule has 0 bridgehead atoms. The summed E-state index contributed by atoms with van der Waals surface area (Å²) >= 11 is 0. The molecule has 3 rings (SSSR count). The number of hydrogen-bond acceptors (Lipinski definition) is 6. The molecule has 152 valence electrons. The molecule has 6 atom stereocenters. The zero-order chi connectivity index (χ0) is 18.6. The van der Waals surface area contributed by atoms with Crippen LogP contribution in [0.1, 0.15) is 71.6 Å². The van der Waals surface area contributed by atoms with E-state index < -0.39 is 42.4 Å². The molecule has 3 unspecified atom stereocenters. The van der Waals surface area contributed by atoms with Crippen molar-refractivity contribution in [2.24, 2.45) is 0 Å². The Bertz CT molecular complexity index is 393. The van der Waals surface area contributed by atoms with Gasteiger partial charge in [0.2, 0.25) is 0 Å². The minimum atomic E-state index is -1.03. The summed E-state index contributed by atoms with van der Waals surface area (Å²) in [6.45, 7) is 5.29. The summed E-state index contributed by atoms with van der Waals surface area (Å²) in [4.78, 5) is 0. The third-order valence-electron chi connectivity index (χ3n) is 5.93. The predicted molar refractivity (Wildman–Crippen MR) is 96.9 cm³/mol. The van der Waals surface area contributed by atoms with E-state index in [9.17, 15) is 10.2 Å². The van der Waals surface area contributed by atoms with Crippen LogP contribution < -0.4 is 0 Å². The Morgan fingerprint density at radius 3 is 1.69 bits per heavy atom. The number of aliphatic hydroxyl groups is 2. The predicted octanol–water partition coefficient (Wildman–Crippen LogP) is 2.54. The van der Waals surface area contributed by atoms with Crippen molar-refractivity contribution in [1.29, 1.82) is 0 Å². The average molecular weight is 373 g/mol. The molecule has 0 amide bonds. The zero-order valence-electron chi connectivity index (χ0n) is 16.3. The lowest BCUT2D eigenvalue weighted by atomic mass is 9.84. The molecular weight excluding hydrogens is 336 g/mol. The molecule has 1 aliphatic heterocycles. The topological polar surface area (TPSA) is 77.4 Å². The molecular formula is C20H36O6. The number of hydrogen-bond donors (Lipinski definition) is 2. The summed E-state index contributed by atoms with van der Waals surface area (Å²) in [6, 6.07) is 0. The quantitative estimate of drug-likeness (QED) is 0.638. The molecule has 6 nitrogen and oxygen atoms in total. The zero-order valence-corrected chi connectivity index (χ0v) is 16.3. The van der Waals surface area contributed by atoms with Crippen LogP contribution in [0.3, 0.4) is 0 Å². The fourth-order valence-corrected chi connectivity index (χ4v) is 4.38. The first-order valence-electron chi connectivity index (χ1n) is 10.6. The van der Waals surface area contributed by atoms with Crippen LogP contribution in [-0.2, 0) is 18.9 Å². The molecule has 6 heteroatoms. The van der Waals surface area contributed by atoms with Gasteiger partial charge in [0.15, 0.2) is 5.79 Å². The number of rotatable bonds is 8. The minimum Gasteiger partial charge on any atom is -0.387 e. The molecule has 2 saturated carbocycles. The maximum atomic E-state index is 10.7. The molecule has 0 aromatic rings. The third-order valence-corrected chi connectivity index (χ3v) is 5.93. The second-order valence-corrected chi connectivity index (χ2v) is 8.00. The van der Waals surface area contributed by atoms with Gasteiger partial charge in [-0.25, -0.2) is 0 Å². The molecule has 0 radical (unpaired) electrons. The van der Waals surface area contributed by atoms with Gasteiger partial charge in [-0.3, -0.25) is 0 Å². The van der Waals surface area contributed by atoms with Crippen molar-refractivity contribution in [3.05, 3.63) is 0 Å². The lowest BCUT2D eigenvalue weighted by molar-refractivity contribution is -0.218. The second kappa shape index (κ2) is 9.30.